The van der Waals surface area contributed by atoms with Gasteiger partial charge < -0.3 is 19.1 Å². The minimum atomic E-state index is -0.192. The molecule has 0 spiro atoms. The van der Waals surface area contributed by atoms with Crippen LogP contribution in [-0.4, -0.2) is 6.71 Å². The Kier molecular flexibility index (Phi) is 11.5. The lowest BCUT2D eigenvalue weighted by atomic mass is 9.33. The lowest BCUT2D eigenvalue weighted by molar-refractivity contribution is 0.332. The number of fused-ring (bicyclic) bond motifs is 9. The molecule has 4 nitrogen and oxygen atoms in total. The van der Waals surface area contributed by atoms with E-state index in [-0.39, 0.29) is 44.6 Å². The molecule has 0 bridgehead atoms. The smallest absolute Gasteiger partial charge is 0.252 e. The Bertz CT molecular complexity index is 3990. The zero-order valence-electron chi connectivity index (χ0n) is 51.8. The van der Waals surface area contributed by atoms with E-state index in [1.807, 2.05) is 0 Å². The van der Waals surface area contributed by atoms with Crippen LogP contribution in [0.1, 0.15) is 181 Å². The fourth-order valence-electron chi connectivity index (χ4n) is 15.1. The van der Waals surface area contributed by atoms with Gasteiger partial charge in [0.05, 0.1) is 5.69 Å². The van der Waals surface area contributed by atoms with Crippen LogP contribution in [0.4, 0.5) is 51.2 Å². The van der Waals surface area contributed by atoms with Gasteiger partial charge in [-0.15, -0.1) is 0 Å². The van der Waals surface area contributed by atoms with Crippen LogP contribution in [0.5, 0.6) is 0 Å². The van der Waals surface area contributed by atoms with Crippen molar-refractivity contribution in [3.05, 3.63) is 190 Å². The maximum absolute atomic E-state index is 7.14. The molecule has 0 saturated heterocycles. The number of anilines is 9. The van der Waals surface area contributed by atoms with Crippen LogP contribution in [0.25, 0.3) is 21.9 Å². The summed E-state index contributed by atoms with van der Waals surface area (Å²) in [5.41, 5.74) is 27.5. The lowest BCUT2D eigenvalue weighted by Gasteiger charge is -2.47. The minimum absolute atomic E-state index is 0.00377. The first kappa shape index (κ1) is 53.3. The number of para-hydroxylation sites is 2. The van der Waals surface area contributed by atoms with E-state index in [0.29, 0.717) is 0 Å². The molecule has 2 aliphatic carbocycles. The van der Waals surface area contributed by atoms with Crippen molar-refractivity contribution in [3.8, 4) is 0 Å². The van der Waals surface area contributed by atoms with Crippen molar-refractivity contribution in [3.63, 3.8) is 0 Å². The molecule has 3 heterocycles. The molecule has 0 unspecified atom stereocenters. The van der Waals surface area contributed by atoms with Crippen LogP contribution in [0.3, 0.4) is 0 Å². The van der Waals surface area contributed by atoms with E-state index in [1.54, 1.807) is 0 Å². The second kappa shape index (κ2) is 17.5. The average molecular weight is 1070 g/mol. The van der Waals surface area contributed by atoms with Gasteiger partial charge in [0.1, 0.15) is 5.58 Å². The first-order valence-corrected chi connectivity index (χ1v) is 30.1. The molecule has 9 aromatic rings. The summed E-state index contributed by atoms with van der Waals surface area (Å²) in [6.07, 6.45) is 3.43. The first-order valence-electron chi connectivity index (χ1n) is 30.1. The quantitative estimate of drug-likeness (QED) is 0.160. The fourth-order valence-corrected chi connectivity index (χ4v) is 15.1. The molecular formula is C76H84BN3O. The SMILES string of the molecule is Cc1cc2c(cc1N1c3cc4c(cc3B3c5ccc(N(c6ccc(C(C)(C)C)cc6)c6ccc(C(C)(C)C)cc6)cc5N(c5cccc6c5oc5ccccc56)c5cc(C(C)(C)C)cc1c53)C(C)(C)CC4(C)C)C(C)(C)CCC2(C)C. The molecule has 5 heteroatoms. The summed E-state index contributed by atoms with van der Waals surface area (Å²) in [6.45, 7) is 43.1. The summed E-state index contributed by atoms with van der Waals surface area (Å²) in [4.78, 5) is 7.81. The lowest BCUT2D eigenvalue weighted by Crippen LogP contribution is -2.61. The molecule has 0 amide bonds. The predicted octanol–water partition coefficient (Wildman–Crippen LogP) is 19.6. The second-order valence-electron chi connectivity index (χ2n) is 30.6. The Morgan fingerprint density at radius 3 is 1.48 bits per heavy atom. The molecule has 0 atom stereocenters. The second-order valence-corrected chi connectivity index (χ2v) is 30.6. The van der Waals surface area contributed by atoms with Gasteiger partial charge in [-0.3, -0.25) is 0 Å². The van der Waals surface area contributed by atoms with Gasteiger partial charge in [-0.05, 0) is 198 Å². The summed E-state index contributed by atoms with van der Waals surface area (Å²) in [6, 6.07) is 57.0. The van der Waals surface area contributed by atoms with E-state index >= 15 is 0 Å². The molecule has 0 radical (unpaired) electrons. The van der Waals surface area contributed by atoms with Crippen molar-refractivity contribution < 1.29 is 4.42 Å². The third-order valence-corrected chi connectivity index (χ3v) is 19.7. The van der Waals surface area contributed by atoms with E-state index < -0.39 is 0 Å². The molecule has 81 heavy (non-hydrogen) atoms. The highest BCUT2D eigenvalue weighted by Gasteiger charge is 2.50. The number of hydrogen-bond acceptors (Lipinski definition) is 4. The molecule has 13 rings (SSSR count). The third kappa shape index (κ3) is 8.35. The normalized spacial score (nSPS) is 17.4. The number of rotatable bonds is 5. The topological polar surface area (TPSA) is 22.9 Å². The Balaban J connectivity index is 1.15. The molecule has 4 aliphatic rings. The Morgan fingerprint density at radius 2 is 0.901 bits per heavy atom. The van der Waals surface area contributed by atoms with Crippen LogP contribution in [0, 0.1) is 6.92 Å². The molecule has 0 fully saturated rings. The molecule has 412 valence electrons. The zero-order valence-corrected chi connectivity index (χ0v) is 51.8. The molecule has 1 aromatic heterocycles. The van der Waals surface area contributed by atoms with Crippen molar-refractivity contribution >= 4 is 96.2 Å². The minimum Gasteiger partial charge on any atom is -0.454 e. The van der Waals surface area contributed by atoms with Crippen LogP contribution < -0.4 is 31.1 Å². The van der Waals surface area contributed by atoms with Gasteiger partial charge in [0, 0.05) is 56.3 Å². The maximum Gasteiger partial charge on any atom is 0.252 e. The van der Waals surface area contributed by atoms with Gasteiger partial charge in [0.25, 0.3) is 6.71 Å². The predicted molar refractivity (Wildman–Crippen MR) is 349 cm³/mol. The third-order valence-electron chi connectivity index (χ3n) is 19.7. The van der Waals surface area contributed by atoms with Gasteiger partial charge in [-0.25, -0.2) is 0 Å². The average Bonchev–Trinajstić information content (AvgIpc) is 2.00. The van der Waals surface area contributed by atoms with Gasteiger partial charge in [-0.2, -0.15) is 0 Å². The fraction of sp³-hybridized carbons (Fsp3) is 0.368. The van der Waals surface area contributed by atoms with Gasteiger partial charge in [0.2, 0.25) is 0 Å². The largest absolute Gasteiger partial charge is 0.454 e. The molecule has 0 saturated carbocycles. The van der Waals surface area contributed by atoms with E-state index in [1.165, 1.54) is 90.1 Å². The van der Waals surface area contributed by atoms with Crippen molar-refractivity contribution in [1.29, 1.82) is 0 Å². The summed E-state index contributed by atoms with van der Waals surface area (Å²) >= 11 is 0. The van der Waals surface area contributed by atoms with Gasteiger partial charge in [0.15, 0.2) is 5.58 Å². The molecule has 8 aromatic carbocycles. The summed E-state index contributed by atoms with van der Waals surface area (Å²) < 4.78 is 7.14. The number of nitrogens with zero attached hydrogens (tertiary/aromatic N) is 3. The first-order chi connectivity index (χ1) is 37.9. The Morgan fingerprint density at radius 1 is 0.420 bits per heavy atom. The summed E-state index contributed by atoms with van der Waals surface area (Å²) in [7, 11) is 0. The van der Waals surface area contributed by atoms with Crippen molar-refractivity contribution in [1.82, 2.24) is 0 Å². The molecular weight excluding hydrogens is 982 g/mol. The number of hydrogen-bond donors (Lipinski definition) is 0. The monoisotopic (exact) mass is 1070 g/mol. The van der Waals surface area contributed by atoms with Gasteiger partial charge in [-0.1, -0.05) is 190 Å². The number of aryl methyl sites for hydroxylation is 1. The van der Waals surface area contributed by atoms with E-state index in [0.717, 1.165) is 63.2 Å². The van der Waals surface area contributed by atoms with Crippen molar-refractivity contribution in [2.75, 3.05) is 14.7 Å². The van der Waals surface area contributed by atoms with Crippen LogP contribution in [0.15, 0.2) is 150 Å². The zero-order chi connectivity index (χ0) is 57.5. The summed E-state index contributed by atoms with van der Waals surface area (Å²) in [5.74, 6) is 0. The highest BCUT2D eigenvalue weighted by Crippen LogP contribution is 2.56. The van der Waals surface area contributed by atoms with E-state index in [4.69, 9.17) is 4.42 Å². The highest BCUT2D eigenvalue weighted by atomic mass is 16.3. The number of furan rings is 1. The standard InChI is InChI=1S/C76H84BN3O/c1-46-38-55-57(74(13,14)37-36-73(55,11)12)43-62(46)80-64-44-58-56(75(15,16)45-76(58,17)18)42-60(64)77-59-35-34-52(78(50-30-26-47(27-31-50)70(2,3)4)51-32-28-48(29-33-51)71(5,6)7)41-63(59)79(65-39-49(72(8,9)10)40-66(80)68(65)77)61-24-21-23-54-53-22-19-20-25-67(53)81-69(54)61/h19-35,38-44H,36-37,45H2,1-18H3. The van der Waals surface area contributed by atoms with Crippen LogP contribution >= 0.6 is 0 Å². The van der Waals surface area contributed by atoms with Gasteiger partial charge >= 0.3 is 0 Å². The van der Waals surface area contributed by atoms with Crippen molar-refractivity contribution in [2.45, 2.75) is 182 Å². The van der Waals surface area contributed by atoms with Crippen LogP contribution in [0.2, 0.25) is 0 Å². The number of benzene rings is 8. The molecule has 0 N–H and O–H groups in total. The summed E-state index contributed by atoms with van der Waals surface area (Å²) in [5, 5.41) is 2.24. The Labute approximate surface area is 484 Å². The Hall–Kier alpha value is -6.98. The highest BCUT2D eigenvalue weighted by molar-refractivity contribution is 7.00. The van der Waals surface area contributed by atoms with E-state index in [2.05, 4.69) is 285 Å². The maximum atomic E-state index is 7.14. The molecule has 2 aliphatic heterocycles. The van der Waals surface area contributed by atoms with E-state index in [9.17, 15) is 0 Å². The van der Waals surface area contributed by atoms with Crippen LogP contribution in [-0.2, 0) is 37.9 Å². The van der Waals surface area contributed by atoms with Crippen molar-refractivity contribution in [2.24, 2.45) is 0 Å².